The van der Waals surface area contributed by atoms with Crippen LogP contribution in [0.1, 0.15) is 16.8 Å². The minimum absolute atomic E-state index is 0.0532. The predicted molar refractivity (Wildman–Crippen MR) is 80.7 cm³/mol. The molecule has 0 aliphatic carbocycles. The zero-order valence-corrected chi connectivity index (χ0v) is 13.0. The fraction of sp³-hybridized carbons (Fsp3) is 0.357. The van der Waals surface area contributed by atoms with Crippen molar-refractivity contribution in [1.29, 1.82) is 0 Å². The maximum Gasteiger partial charge on any atom is 0.252 e. The van der Waals surface area contributed by atoms with Crippen molar-refractivity contribution >= 4 is 33.7 Å². The molecular weight excluding hydrogens is 338 g/mol. The Hall–Kier alpha value is -1.89. The van der Waals surface area contributed by atoms with Crippen molar-refractivity contribution in [1.82, 2.24) is 15.5 Å². The van der Waals surface area contributed by atoms with Crippen molar-refractivity contribution in [3.63, 3.8) is 0 Å². The summed E-state index contributed by atoms with van der Waals surface area (Å²) >= 11 is 3.30. The van der Waals surface area contributed by atoms with Gasteiger partial charge in [0.15, 0.2) is 0 Å². The van der Waals surface area contributed by atoms with Gasteiger partial charge >= 0.3 is 0 Å². The molecule has 0 radical (unpaired) electrons. The molecule has 1 heterocycles. The van der Waals surface area contributed by atoms with Crippen LogP contribution in [0.5, 0.6) is 0 Å². The van der Waals surface area contributed by atoms with Gasteiger partial charge in [-0.1, -0.05) is 12.1 Å². The van der Waals surface area contributed by atoms with Crippen LogP contribution in [-0.4, -0.2) is 48.8 Å². The molecule has 0 atom stereocenters. The molecule has 1 aliphatic heterocycles. The third-order valence-electron chi connectivity index (χ3n) is 3.18. The number of hydrogen-bond donors (Lipinski definition) is 2. The first-order valence-corrected chi connectivity index (χ1v) is 7.44. The third kappa shape index (κ3) is 4.29. The van der Waals surface area contributed by atoms with E-state index in [9.17, 15) is 14.4 Å². The average Bonchev–Trinajstić information content (AvgIpc) is 2.69. The number of nitrogens with zero attached hydrogens (tertiary/aromatic N) is 1. The highest BCUT2D eigenvalue weighted by molar-refractivity contribution is 9.10. The van der Waals surface area contributed by atoms with Crippen molar-refractivity contribution < 1.29 is 14.4 Å². The van der Waals surface area contributed by atoms with Crippen molar-refractivity contribution in [2.45, 2.75) is 6.42 Å². The smallest absolute Gasteiger partial charge is 0.252 e. The SMILES string of the molecule is O=C1CCN(C(=O)CNC(=O)c2ccccc2Br)CCN1. The number of amides is 3. The third-order valence-corrected chi connectivity index (χ3v) is 3.88. The molecule has 112 valence electrons. The van der Waals surface area contributed by atoms with E-state index in [-0.39, 0.29) is 24.3 Å². The highest BCUT2D eigenvalue weighted by atomic mass is 79.9. The molecule has 0 saturated carbocycles. The van der Waals surface area contributed by atoms with Crippen LogP contribution < -0.4 is 10.6 Å². The summed E-state index contributed by atoms with van der Waals surface area (Å²) in [6.07, 6.45) is 0.296. The summed E-state index contributed by atoms with van der Waals surface area (Å²) in [5, 5.41) is 5.30. The molecule has 3 amide bonds. The Morgan fingerprint density at radius 2 is 2.05 bits per heavy atom. The second-order valence-corrected chi connectivity index (χ2v) is 5.50. The molecule has 0 bridgehead atoms. The van der Waals surface area contributed by atoms with E-state index in [0.717, 1.165) is 0 Å². The molecule has 21 heavy (non-hydrogen) atoms. The highest BCUT2D eigenvalue weighted by Gasteiger charge is 2.19. The van der Waals surface area contributed by atoms with E-state index in [1.807, 2.05) is 6.07 Å². The predicted octanol–water partition coefficient (Wildman–Crippen LogP) is 0.527. The number of rotatable bonds is 3. The van der Waals surface area contributed by atoms with Crippen molar-refractivity contribution in [3.05, 3.63) is 34.3 Å². The average molecular weight is 354 g/mol. The minimum Gasteiger partial charge on any atom is -0.354 e. The Labute approximate surface area is 131 Å². The van der Waals surface area contributed by atoms with Gasteiger partial charge in [-0.05, 0) is 28.1 Å². The maximum atomic E-state index is 12.0. The van der Waals surface area contributed by atoms with Gasteiger partial charge in [-0.3, -0.25) is 14.4 Å². The fourth-order valence-corrected chi connectivity index (χ4v) is 2.49. The van der Waals surface area contributed by atoms with Gasteiger partial charge in [-0.2, -0.15) is 0 Å². The normalized spacial score (nSPS) is 15.1. The molecule has 0 spiro atoms. The Morgan fingerprint density at radius 3 is 2.81 bits per heavy atom. The maximum absolute atomic E-state index is 12.0. The Kier molecular flexibility index (Phi) is 5.32. The lowest BCUT2D eigenvalue weighted by Crippen LogP contribution is -2.41. The molecule has 1 aliphatic rings. The van der Waals surface area contributed by atoms with Crippen LogP contribution in [-0.2, 0) is 9.59 Å². The highest BCUT2D eigenvalue weighted by Crippen LogP contribution is 2.15. The number of carbonyl (C=O) groups excluding carboxylic acids is 3. The Bertz CT molecular complexity index is 562. The monoisotopic (exact) mass is 353 g/mol. The van der Waals surface area contributed by atoms with E-state index in [4.69, 9.17) is 0 Å². The summed E-state index contributed by atoms with van der Waals surface area (Å²) < 4.78 is 0.680. The van der Waals surface area contributed by atoms with E-state index < -0.39 is 0 Å². The number of hydrogen-bond acceptors (Lipinski definition) is 3. The molecule has 7 heteroatoms. The Balaban J connectivity index is 1.87. The molecule has 6 nitrogen and oxygen atoms in total. The van der Waals surface area contributed by atoms with Crippen LogP contribution in [0.25, 0.3) is 0 Å². The van der Waals surface area contributed by atoms with Crippen LogP contribution in [0.3, 0.4) is 0 Å². The van der Waals surface area contributed by atoms with Gasteiger partial charge < -0.3 is 15.5 Å². The lowest BCUT2D eigenvalue weighted by molar-refractivity contribution is -0.130. The molecule has 1 aromatic rings. The molecule has 2 N–H and O–H groups in total. The van der Waals surface area contributed by atoms with Gasteiger partial charge in [0.25, 0.3) is 5.91 Å². The number of benzene rings is 1. The molecule has 2 rings (SSSR count). The minimum atomic E-state index is -0.306. The molecule has 0 aromatic heterocycles. The van der Waals surface area contributed by atoms with Crippen LogP contribution in [0.2, 0.25) is 0 Å². The fourth-order valence-electron chi connectivity index (χ4n) is 2.02. The molecule has 1 aromatic carbocycles. The number of nitrogens with one attached hydrogen (secondary N) is 2. The second kappa shape index (κ2) is 7.21. The largest absolute Gasteiger partial charge is 0.354 e. The van der Waals surface area contributed by atoms with Gasteiger partial charge in [0, 0.05) is 30.5 Å². The van der Waals surface area contributed by atoms with Crippen LogP contribution in [0, 0.1) is 0 Å². The first-order valence-electron chi connectivity index (χ1n) is 6.65. The van der Waals surface area contributed by atoms with E-state index in [1.165, 1.54) is 0 Å². The first kappa shape index (κ1) is 15.5. The van der Waals surface area contributed by atoms with Crippen LogP contribution in [0.15, 0.2) is 28.7 Å². The molecule has 1 saturated heterocycles. The van der Waals surface area contributed by atoms with E-state index >= 15 is 0 Å². The van der Waals surface area contributed by atoms with Gasteiger partial charge in [-0.15, -0.1) is 0 Å². The zero-order valence-electron chi connectivity index (χ0n) is 11.4. The Morgan fingerprint density at radius 1 is 1.29 bits per heavy atom. The molecule has 0 unspecified atom stereocenters. The summed E-state index contributed by atoms with van der Waals surface area (Å²) in [6, 6.07) is 7.02. The topological polar surface area (TPSA) is 78.5 Å². The van der Waals surface area contributed by atoms with E-state index in [1.54, 1.807) is 23.1 Å². The molecular formula is C14H16BrN3O3. The quantitative estimate of drug-likeness (QED) is 0.831. The summed E-state index contributed by atoms with van der Waals surface area (Å²) in [5.41, 5.74) is 0.484. The summed E-state index contributed by atoms with van der Waals surface area (Å²) in [4.78, 5) is 36.8. The van der Waals surface area contributed by atoms with Crippen LogP contribution >= 0.6 is 15.9 Å². The zero-order chi connectivity index (χ0) is 15.2. The lowest BCUT2D eigenvalue weighted by Gasteiger charge is -2.19. The first-order chi connectivity index (χ1) is 10.1. The standard InChI is InChI=1S/C14H16BrN3O3/c15-11-4-2-1-3-10(11)14(21)17-9-13(20)18-7-5-12(19)16-6-8-18/h1-4H,5-9H2,(H,16,19)(H,17,21). The van der Waals surface area contributed by atoms with E-state index in [0.29, 0.717) is 36.1 Å². The van der Waals surface area contributed by atoms with Gasteiger partial charge in [-0.25, -0.2) is 0 Å². The van der Waals surface area contributed by atoms with Gasteiger partial charge in [0.05, 0.1) is 12.1 Å². The van der Waals surface area contributed by atoms with Gasteiger partial charge in [0.1, 0.15) is 0 Å². The van der Waals surface area contributed by atoms with Crippen molar-refractivity contribution in [2.75, 3.05) is 26.2 Å². The summed E-state index contributed by atoms with van der Waals surface area (Å²) in [7, 11) is 0. The van der Waals surface area contributed by atoms with E-state index in [2.05, 4.69) is 26.6 Å². The summed E-state index contributed by atoms with van der Waals surface area (Å²) in [6.45, 7) is 1.22. The van der Waals surface area contributed by atoms with Gasteiger partial charge in [0.2, 0.25) is 11.8 Å². The van der Waals surface area contributed by atoms with Crippen molar-refractivity contribution in [2.24, 2.45) is 0 Å². The van der Waals surface area contributed by atoms with Crippen LogP contribution in [0.4, 0.5) is 0 Å². The number of halogens is 1. The lowest BCUT2D eigenvalue weighted by atomic mass is 10.2. The second-order valence-electron chi connectivity index (χ2n) is 4.64. The number of carbonyl (C=O) groups is 3. The van der Waals surface area contributed by atoms with Crippen molar-refractivity contribution in [3.8, 4) is 0 Å². The molecule has 1 fully saturated rings. The summed E-state index contributed by atoms with van der Waals surface area (Å²) in [5.74, 6) is -0.547.